The number of ether oxygens (including phenoxy) is 1. The van der Waals surface area contributed by atoms with Crippen molar-refractivity contribution in [3.05, 3.63) is 70.3 Å². The van der Waals surface area contributed by atoms with E-state index in [1.165, 1.54) is 11.1 Å². The summed E-state index contributed by atoms with van der Waals surface area (Å²) in [5.74, 6) is -0.483. The van der Waals surface area contributed by atoms with Gasteiger partial charge in [0.1, 0.15) is 5.75 Å². The van der Waals surface area contributed by atoms with Gasteiger partial charge < -0.3 is 19.8 Å². The maximum absolute atomic E-state index is 11.9. The Hall–Kier alpha value is -2.59. The van der Waals surface area contributed by atoms with Crippen LogP contribution in [0.25, 0.3) is 0 Å². The minimum Gasteiger partial charge on any atom is -0.490 e. The first-order valence-corrected chi connectivity index (χ1v) is 16.3. The maximum atomic E-state index is 11.9. The van der Waals surface area contributed by atoms with Gasteiger partial charge in [-0.05, 0) is 98.2 Å². The molecule has 41 heavy (non-hydrogen) atoms. The molecule has 1 fully saturated rings. The molecule has 5 rings (SSSR count). The largest absolute Gasteiger partial charge is 0.490 e. The number of aliphatic hydroxyl groups excluding tert-OH is 1. The molecule has 2 aromatic carbocycles. The van der Waals surface area contributed by atoms with Crippen molar-refractivity contribution >= 4 is 33.3 Å². The summed E-state index contributed by atoms with van der Waals surface area (Å²) in [5.41, 5.74) is 3.15. The van der Waals surface area contributed by atoms with E-state index in [0.717, 1.165) is 37.8 Å². The van der Waals surface area contributed by atoms with Crippen molar-refractivity contribution in [3.8, 4) is 5.75 Å². The summed E-state index contributed by atoms with van der Waals surface area (Å²) >= 11 is 6.35. The van der Waals surface area contributed by atoms with Gasteiger partial charge in [-0.2, -0.15) is 0 Å². The highest BCUT2D eigenvalue weighted by atomic mass is 35.5. The Labute approximate surface area is 247 Å². The van der Waals surface area contributed by atoms with E-state index < -0.39 is 27.3 Å². The summed E-state index contributed by atoms with van der Waals surface area (Å²) in [7, 11) is -3.67. The summed E-state index contributed by atoms with van der Waals surface area (Å²) in [5, 5.41) is 26.1. The minimum atomic E-state index is -3.67. The molecule has 8 nitrogen and oxygen atoms in total. The topological polar surface area (TPSA) is 130 Å². The molecule has 1 spiro atoms. The van der Waals surface area contributed by atoms with Gasteiger partial charge >= 0.3 is 5.97 Å². The Morgan fingerprint density at radius 3 is 2.68 bits per heavy atom. The number of hydrogen-bond donors (Lipinski definition) is 3. The average molecular weight is 603 g/mol. The van der Waals surface area contributed by atoms with Crippen LogP contribution in [0.2, 0.25) is 5.02 Å². The van der Waals surface area contributed by atoms with Crippen molar-refractivity contribution < 1.29 is 28.2 Å². The number of carboxylic acid groups (broad SMARTS) is 1. The number of halogens is 1. The standard InChI is InChI=1S/C31H39ClN2O6S/c1-19(20(2)41(33,38)39)5-11-28(35)25-9-6-23(25)16-34-17-31(13-3-4-21-14-24(32)8-10-26(21)31)18-40-29-12-7-22(30(36)37)15-27(29)34/h5,7-8,10-12,14-15,19-20,23,25,28,35H,3-4,6,9,13,16-18H2,1-2H3,(H,36,37)(H2,33,38,39)/b11-5+/t19-,20-,23?,25?,28?,31?/m0/s1. The molecule has 0 bridgehead atoms. The number of nitrogens with two attached hydrogens (primary N) is 1. The molecule has 3 aliphatic rings. The Bertz CT molecular complexity index is 1450. The number of primary sulfonamides is 1. The Balaban J connectivity index is 1.42. The summed E-state index contributed by atoms with van der Waals surface area (Å²) in [6, 6.07) is 11.1. The number of hydrogen-bond acceptors (Lipinski definition) is 6. The van der Waals surface area contributed by atoms with Crippen LogP contribution in [0.4, 0.5) is 5.69 Å². The van der Waals surface area contributed by atoms with Crippen LogP contribution in [0.3, 0.4) is 0 Å². The number of anilines is 1. The molecule has 0 radical (unpaired) electrons. The first-order chi connectivity index (χ1) is 19.4. The fourth-order valence-corrected chi connectivity index (χ4v) is 7.57. The first kappa shape index (κ1) is 29.9. The first-order valence-electron chi connectivity index (χ1n) is 14.3. The lowest BCUT2D eigenvalue weighted by atomic mass is 9.68. The lowest BCUT2D eigenvalue weighted by Gasteiger charge is -2.45. The van der Waals surface area contributed by atoms with Crippen LogP contribution in [-0.4, -0.2) is 55.7 Å². The maximum Gasteiger partial charge on any atom is 0.335 e. The quantitative estimate of drug-likeness (QED) is 0.371. The zero-order chi connectivity index (χ0) is 29.5. The second-order valence-corrected chi connectivity index (χ2v) is 14.5. The zero-order valence-corrected chi connectivity index (χ0v) is 25.1. The number of sulfonamides is 1. The van der Waals surface area contributed by atoms with E-state index in [9.17, 15) is 23.4 Å². The molecular formula is C31H39ClN2O6S. The van der Waals surface area contributed by atoms with Crippen LogP contribution >= 0.6 is 11.6 Å². The monoisotopic (exact) mass is 602 g/mol. The highest BCUT2D eigenvalue weighted by Gasteiger charge is 2.44. The van der Waals surface area contributed by atoms with Crippen LogP contribution in [0, 0.1) is 17.8 Å². The molecule has 4 N–H and O–H groups in total. The van der Waals surface area contributed by atoms with Gasteiger partial charge in [0.2, 0.25) is 10.0 Å². The third-order valence-electron chi connectivity index (χ3n) is 9.52. The molecule has 4 unspecified atom stereocenters. The highest BCUT2D eigenvalue weighted by molar-refractivity contribution is 7.89. The van der Waals surface area contributed by atoms with E-state index in [1.807, 2.05) is 12.1 Å². The van der Waals surface area contributed by atoms with Crippen LogP contribution in [0.15, 0.2) is 48.6 Å². The predicted octanol–water partition coefficient (Wildman–Crippen LogP) is 4.77. The zero-order valence-electron chi connectivity index (χ0n) is 23.5. The van der Waals surface area contributed by atoms with Crippen molar-refractivity contribution in [2.24, 2.45) is 22.9 Å². The molecular weight excluding hydrogens is 564 g/mol. The number of aryl methyl sites for hydroxylation is 1. The number of carboxylic acids is 1. The average Bonchev–Trinajstić information content (AvgIpc) is 3.05. The molecule has 0 amide bonds. The minimum absolute atomic E-state index is 0.00640. The van der Waals surface area contributed by atoms with Gasteiger partial charge in [0.25, 0.3) is 0 Å². The van der Waals surface area contributed by atoms with E-state index >= 15 is 0 Å². The van der Waals surface area contributed by atoms with Crippen LogP contribution < -0.4 is 14.8 Å². The second-order valence-electron chi connectivity index (χ2n) is 12.1. The molecule has 0 saturated heterocycles. The fraction of sp³-hybridized carbons (Fsp3) is 0.516. The van der Waals surface area contributed by atoms with Crippen LogP contribution in [0.1, 0.15) is 61.0 Å². The lowest BCUT2D eigenvalue weighted by molar-refractivity contribution is 0.0454. The summed E-state index contributed by atoms with van der Waals surface area (Å²) in [4.78, 5) is 14.1. The summed E-state index contributed by atoms with van der Waals surface area (Å²) in [6.07, 6.45) is 7.42. The molecule has 1 saturated carbocycles. The van der Waals surface area contributed by atoms with E-state index in [0.29, 0.717) is 30.5 Å². The number of aliphatic hydroxyl groups is 1. The van der Waals surface area contributed by atoms with Crippen molar-refractivity contribution in [3.63, 3.8) is 0 Å². The Morgan fingerprint density at radius 1 is 1.22 bits per heavy atom. The number of fused-ring (bicyclic) bond motifs is 3. The molecule has 6 atom stereocenters. The number of nitrogens with zero attached hydrogens (tertiary/aromatic N) is 1. The van der Waals surface area contributed by atoms with Gasteiger partial charge in [0.05, 0.1) is 29.2 Å². The molecule has 10 heteroatoms. The fourth-order valence-electron chi connectivity index (χ4n) is 6.69. The summed E-state index contributed by atoms with van der Waals surface area (Å²) in [6.45, 7) is 5.13. The van der Waals surface area contributed by atoms with Crippen molar-refractivity contribution in [1.82, 2.24) is 0 Å². The number of allylic oxidation sites excluding steroid dienone is 1. The van der Waals surface area contributed by atoms with Gasteiger partial charge in [-0.1, -0.05) is 36.7 Å². The predicted molar refractivity (Wildman–Crippen MR) is 160 cm³/mol. The van der Waals surface area contributed by atoms with Crippen LogP contribution in [-0.2, 0) is 21.9 Å². The van der Waals surface area contributed by atoms with Crippen molar-refractivity contribution in [1.29, 1.82) is 0 Å². The highest BCUT2D eigenvalue weighted by Crippen LogP contribution is 2.46. The van der Waals surface area contributed by atoms with Crippen LogP contribution in [0.5, 0.6) is 5.75 Å². The van der Waals surface area contributed by atoms with Crippen molar-refractivity contribution in [2.45, 2.75) is 62.7 Å². The second kappa shape index (κ2) is 11.6. The normalized spacial score (nSPS) is 26.3. The SMILES string of the molecule is C[C@@H](/C=C/C(O)C1CCC1CN1CC2(CCCc3cc(Cl)ccc32)COc2ccc(C(=O)O)cc21)[C@H](C)S(N)(=O)=O. The molecule has 0 aromatic heterocycles. The molecule has 1 aliphatic heterocycles. The molecule has 1 heterocycles. The Kier molecular flexibility index (Phi) is 8.45. The van der Waals surface area contributed by atoms with Gasteiger partial charge in [0, 0.05) is 23.5 Å². The number of benzene rings is 2. The Morgan fingerprint density at radius 2 is 2.00 bits per heavy atom. The van der Waals surface area contributed by atoms with Gasteiger partial charge in [-0.15, -0.1) is 0 Å². The van der Waals surface area contributed by atoms with E-state index in [2.05, 4.69) is 11.0 Å². The summed E-state index contributed by atoms with van der Waals surface area (Å²) < 4.78 is 29.9. The van der Waals surface area contributed by atoms with E-state index in [1.54, 1.807) is 44.2 Å². The number of rotatable bonds is 8. The van der Waals surface area contributed by atoms with E-state index in [4.69, 9.17) is 21.5 Å². The van der Waals surface area contributed by atoms with Gasteiger partial charge in [-0.3, -0.25) is 0 Å². The van der Waals surface area contributed by atoms with Gasteiger partial charge in [-0.25, -0.2) is 18.4 Å². The van der Waals surface area contributed by atoms with Crippen molar-refractivity contribution in [2.75, 3.05) is 24.6 Å². The number of carbonyl (C=O) groups is 1. The molecule has 222 valence electrons. The third-order valence-corrected chi connectivity index (χ3v) is 11.2. The number of aromatic carboxylic acids is 1. The van der Waals surface area contributed by atoms with Gasteiger partial charge in [0.15, 0.2) is 0 Å². The molecule has 2 aliphatic carbocycles. The third kappa shape index (κ3) is 6.14. The smallest absolute Gasteiger partial charge is 0.335 e. The van der Waals surface area contributed by atoms with E-state index in [-0.39, 0.29) is 28.7 Å². The lowest BCUT2D eigenvalue weighted by Crippen LogP contribution is -2.49. The molecule has 2 aromatic rings.